The van der Waals surface area contributed by atoms with Crippen molar-refractivity contribution in [1.82, 2.24) is 10.6 Å². The summed E-state index contributed by atoms with van der Waals surface area (Å²) >= 11 is 0. The summed E-state index contributed by atoms with van der Waals surface area (Å²) in [6, 6.07) is 2.15. The van der Waals surface area contributed by atoms with E-state index in [1.807, 2.05) is 0 Å². The van der Waals surface area contributed by atoms with E-state index in [2.05, 4.69) is 10.6 Å². The highest BCUT2D eigenvalue weighted by Crippen LogP contribution is 2.31. The number of amides is 2. The van der Waals surface area contributed by atoms with E-state index < -0.39 is 36.0 Å². The molecular formula is C20H29N3O6. The molecule has 0 fully saturated rings. The molecule has 0 bridgehead atoms. The number of aryl methyl sites for hydroxylation is 1. The van der Waals surface area contributed by atoms with Gasteiger partial charge in [-0.2, -0.15) is 0 Å². The Balaban J connectivity index is 2.91. The van der Waals surface area contributed by atoms with Gasteiger partial charge in [-0.25, -0.2) is 9.59 Å². The van der Waals surface area contributed by atoms with Crippen LogP contribution >= 0.6 is 0 Å². The number of hydrogen-bond acceptors (Lipinski definition) is 7. The topological polar surface area (TPSA) is 137 Å². The average Bonchev–Trinajstić information content (AvgIpc) is 2.63. The molecule has 0 aromatic heterocycles. The van der Waals surface area contributed by atoms with E-state index in [0.29, 0.717) is 5.56 Å². The van der Waals surface area contributed by atoms with Crippen LogP contribution in [0.1, 0.15) is 40.2 Å². The van der Waals surface area contributed by atoms with Gasteiger partial charge in [0.1, 0.15) is 12.1 Å². The zero-order valence-electron chi connectivity index (χ0n) is 17.6. The fraction of sp³-hybridized carbons (Fsp3) is 0.500. The van der Waals surface area contributed by atoms with Crippen molar-refractivity contribution in [2.75, 3.05) is 0 Å². The highest BCUT2D eigenvalue weighted by atomic mass is 16.6. The molecule has 0 saturated heterocycles. The van der Waals surface area contributed by atoms with E-state index in [0.717, 1.165) is 0 Å². The van der Waals surface area contributed by atoms with Crippen molar-refractivity contribution in [3.05, 3.63) is 23.8 Å². The minimum atomic E-state index is -0.957. The molecule has 4 N–H and O–H groups in total. The van der Waals surface area contributed by atoms with Crippen molar-refractivity contribution in [2.24, 2.45) is 11.7 Å². The van der Waals surface area contributed by atoms with E-state index in [1.54, 1.807) is 32.9 Å². The van der Waals surface area contributed by atoms with Gasteiger partial charge in [-0.05, 0) is 39.3 Å². The quantitative estimate of drug-likeness (QED) is 0.428. The fourth-order valence-corrected chi connectivity index (χ4v) is 2.07. The van der Waals surface area contributed by atoms with Crippen LogP contribution < -0.4 is 25.8 Å². The van der Waals surface area contributed by atoms with Gasteiger partial charge in [0, 0.05) is 5.92 Å². The largest absolute Gasteiger partial charge is 0.421 e. The summed E-state index contributed by atoms with van der Waals surface area (Å²) < 4.78 is 10.7. The third-order valence-electron chi connectivity index (χ3n) is 3.95. The summed E-state index contributed by atoms with van der Waals surface area (Å²) in [5.41, 5.74) is 6.02. The Kier molecular flexibility index (Phi) is 8.78. The van der Waals surface area contributed by atoms with Crippen LogP contribution in [0.25, 0.3) is 0 Å². The van der Waals surface area contributed by atoms with E-state index in [-0.39, 0.29) is 23.3 Å². The molecule has 29 heavy (non-hydrogen) atoms. The van der Waals surface area contributed by atoms with Crippen LogP contribution in [0.5, 0.6) is 11.5 Å². The monoisotopic (exact) mass is 407 g/mol. The first-order valence-corrected chi connectivity index (χ1v) is 9.33. The molecule has 2 amide bonds. The molecule has 0 aliphatic rings. The zero-order valence-corrected chi connectivity index (χ0v) is 17.6. The third-order valence-corrected chi connectivity index (χ3v) is 3.95. The summed E-state index contributed by atoms with van der Waals surface area (Å²) in [6.45, 7) is 9.53. The van der Waals surface area contributed by atoms with E-state index in [4.69, 9.17) is 15.2 Å². The van der Waals surface area contributed by atoms with Gasteiger partial charge in [-0.15, -0.1) is 0 Å². The highest BCUT2D eigenvalue weighted by molar-refractivity contribution is 5.88. The lowest BCUT2D eigenvalue weighted by Gasteiger charge is -2.18. The van der Waals surface area contributed by atoms with Crippen LogP contribution in [-0.2, 0) is 19.2 Å². The SMILES string of the molecule is Cc1cccc(OC(=O)C(C)NC(=O)C(C)N)c1OC(=O)C(C)NC(=O)C(C)C. The maximum atomic E-state index is 12.4. The number of ether oxygens (including phenoxy) is 2. The molecule has 1 aromatic rings. The number of hydrogen-bond donors (Lipinski definition) is 3. The molecule has 9 heteroatoms. The summed E-state index contributed by atoms with van der Waals surface area (Å²) in [6.07, 6.45) is 0. The molecule has 0 aliphatic heterocycles. The fourth-order valence-electron chi connectivity index (χ4n) is 2.07. The number of nitrogens with two attached hydrogens (primary N) is 1. The number of nitrogens with one attached hydrogen (secondary N) is 2. The van der Waals surface area contributed by atoms with Gasteiger partial charge < -0.3 is 25.8 Å². The van der Waals surface area contributed by atoms with Gasteiger partial charge >= 0.3 is 11.9 Å². The summed E-state index contributed by atoms with van der Waals surface area (Å²) in [5.74, 6) is -2.44. The zero-order chi connectivity index (χ0) is 22.3. The van der Waals surface area contributed by atoms with E-state index in [9.17, 15) is 19.2 Å². The van der Waals surface area contributed by atoms with Crippen LogP contribution in [-0.4, -0.2) is 41.9 Å². The maximum Gasteiger partial charge on any atom is 0.333 e. The molecule has 0 radical (unpaired) electrons. The van der Waals surface area contributed by atoms with Gasteiger partial charge in [0.25, 0.3) is 0 Å². The second kappa shape index (κ2) is 10.6. The van der Waals surface area contributed by atoms with E-state index in [1.165, 1.54) is 26.8 Å². The number of carbonyl (C=O) groups is 4. The molecule has 1 rings (SSSR count). The molecule has 0 heterocycles. The smallest absolute Gasteiger partial charge is 0.333 e. The normalized spacial score (nSPS) is 13.8. The second-order valence-corrected chi connectivity index (χ2v) is 7.15. The Hall–Kier alpha value is -2.94. The number of carbonyl (C=O) groups excluding carboxylic acids is 4. The number of benzene rings is 1. The molecule has 0 spiro atoms. The lowest BCUT2D eigenvalue weighted by Crippen LogP contribution is -2.47. The summed E-state index contributed by atoms with van der Waals surface area (Å²) in [4.78, 5) is 48.1. The van der Waals surface area contributed by atoms with Crippen molar-refractivity contribution >= 4 is 23.8 Å². The Bertz CT molecular complexity index is 775. The molecule has 0 aliphatic carbocycles. The standard InChI is InChI=1S/C20H29N3O6/c1-10(2)17(24)22-14(6)20(27)29-16-11(3)8-7-9-15(16)28-19(26)13(5)23-18(25)12(4)21/h7-10,12-14H,21H2,1-6H3,(H,22,24)(H,23,25). The van der Waals surface area contributed by atoms with Crippen molar-refractivity contribution in [1.29, 1.82) is 0 Å². The Labute approximate surface area is 170 Å². The molecular weight excluding hydrogens is 378 g/mol. The Morgan fingerprint density at radius 1 is 0.862 bits per heavy atom. The second-order valence-electron chi connectivity index (χ2n) is 7.15. The van der Waals surface area contributed by atoms with Gasteiger partial charge in [0.2, 0.25) is 11.8 Å². The number of esters is 2. The molecule has 9 nitrogen and oxygen atoms in total. The Morgan fingerprint density at radius 2 is 1.38 bits per heavy atom. The van der Waals surface area contributed by atoms with Crippen LogP contribution in [0.3, 0.4) is 0 Å². The first-order valence-electron chi connectivity index (χ1n) is 9.33. The summed E-state index contributed by atoms with van der Waals surface area (Å²) in [5, 5.41) is 4.98. The van der Waals surface area contributed by atoms with E-state index >= 15 is 0 Å². The lowest BCUT2D eigenvalue weighted by molar-refractivity contribution is -0.141. The predicted octanol–water partition coefficient (Wildman–Crippen LogP) is 0.818. The highest BCUT2D eigenvalue weighted by Gasteiger charge is 2.24. The summed E-state index contributed by atoms with van der Waals surface area (Å²) in [7, 11) is 0. The van der Waals surface area contributed by atoms with Gasteiger partial charge in [0.05, 0.1) is 6.04 Å². The minimum absolute atomic E-state index is 0.0210. The third kappa shape index (κ3) is 7.19. The first-order chi connectivity index (χ1) is 13.4. The number of rotatable bonds is 8. The minimum Gasteiger partial charge on any atom is -0.421 e. The predicted molar refractivity (Wildman–Crippen MR) is 106 cm³/mol. The van der Waals surface area contributed by atoms with Crippen LogP contribution in [0.15, 0.2) is 18.2 Å². The first kappa shape index (κ1) is 24.1. The Morgan fingerprint density at radius 3 is 1.90 bits per heavy atom. The van der Waals surface area contributed by atoms with Crippen molar-refractivity contribution in [2.45, 2.75) is 59.7 Å². The molecule has 1 aromatic carbocycles. The van der Waals surface area contributed by atoms with Gasteiger partial charge in [-0.3, -0.25) is 9.59 Å². The average molecular weight is 407 g/mol. The van der Waals surface area contributed by atoms with Crippen LogP contribution in [0.2, 0.25) is 0 Å². The molecule has 3 unspecified atom stereocenters. The van der Waals surface area contributed by atoms with Crippen LogP contribution in [0, 0.1) is 12.8 Å². The van der Waals surface area contributed by atoms with Crippen molar-refractivity contribution in [3.8, 4) is 11.5 Å². The van der Waals surface area contributed by atoms with Crippen LogP contribution in [0.4, 0.5) is 0 Å². The van der Waals surface area contributed by atoms with Crippen molar-refractivity contribution < 1.29 is 28.7 Å². The lowest BCUT2D eigenvalue weighted by atomic mass is 10.2. The van der Waals surface area contributed by atoms with Gasteiger partial charge in [0.15, 0.2) is 11.5 Å². The number of para-hydroxylation sites is 1. The van der Waals surface area contributed by atoms with Crippen molar-refractivity contribution in [3.63, 3.8) is 0 Å². The molecule has 3 atom stereocenters. The molecule has 0 saturated carbocycles. The molecule has 160 valence electrons. The van der Waals surface area contributed by atoms with Gasteiger partial charge in [-0.1, -0.05) is 26.0 Å². The maximum absolute atomic E-state index is 12.4.